The number of H-pyrrole nitrogens is 1. The monoisotopic (exact) mass is 356 g/mol. The first kappa shape index (κ1) is 15.2. The number of imidazole rings is 1. The first-order valence-corrected chi connectivity index (χ1v) is 8.71. The van der Waals surface area contributed by atoms with Gasteiger partial charge in [-0.25, -0.2) is 9.97 Å². The Kier molecular flexibility index (Phi) is 3.78. The Morgan fingerprint density at radius 3 is 2.88 bits per heavy atom. The summed E-state index contributed by atoms with van der Waals surface area (Å²) < 4.78 is 1.59. The van der Waals surface area contributed by atoms with E-state index >= 15 is 0 Å². The van der Waals surface area contributed by atoms with Gasteiger partial charge < -0.3 is 4.98 Å². The molecule has 24 heavy (non-hydrogen) atoms. The van der Waals surface area contributed by atoms with Crippen molar-refractivity contribution < 1.29 is 0 Å². The zero-order chi connectivity index (χ0) is 16.7. The average Bonchev–Trinajstić information content (AvgIpc) is 2.99. The topological polar surface area (TPSA) is 63.6 Å². The van der Waals surface area contributed by atoms with Crippen molar-refractivity contribution in [2.45, 2.75) is 10.9 Å². The first-order valence-electron chi connectivity index (χ1n) is 7.34. The number of hydrogen-bond acceptors (Lipinski definition) is 4. The van der Waals surface area contributed by atoms with Crippen LogP contribution in [0.1, 0.15) is 5.82 Å². The van der Waals surface area contributed by atoms with Crippen LogP contribution in [0.15, 0.2) is 52.4 Å². The van der Waals surface area contributed by atoms with Crippen LogP contribution in [-0.4, -0.2) is 19.5 Å². The Morgan fingerprint density at radius 2 is 2.00 bits per heavy atom. The number of rotatable bonds is 3. The summed E-state index contributed by atoms with van der Waals surface area (Å²) in [6.45, 7) is 0. The molecule has 0 aliphatic heterocycles. The van der Waals surface area contributed by atoms with E-state index in [0.717, 1.165) is 16.2 Å². The smallest absolute Gasteiger partial charge is 0.261 e. The molecule has 0 saturated heterocycles. The van der Waals surface area contributed by atoms with Gasteiger partial charge in [0.2, 0.25) is 0 Å². The number of benzene rings is 2. The minimum Gasteiger partial charge on any atom is -0.333 e. The number of para-hydroxylation sites is 1. The molecule has 0 aliphatic carbocycles. The molecule has 0 aliphatic rings. The number of nitrogens with zero attached hydrogens (tertiary/aromatic N) is 3. The molecule has 0 unspecified atom stereocenters. The molecule has 7 heteroatoms. The van der Waals surface area contributed by atoms with Crippen LogP contribution >= 0.6 is 23.4 Å². The lowest BCUT2D eigenvalue weighted by Crippen LogP contribution is -2.21. The maximum absolute atomic E-state index is 12.4. The van der Waals surface area contributed by atoms with Crippen molar-refractivity contribution in [2.75, 3.05) is 0 Å². The van der Waals surface area contributed by atoms with Gasteiger partial charge in [-0.15, -0.1) is 0 Å². The maximum Gasteiger partial charge on any atom is 0.261 e. The van der Waals surface area contributed by atoms with Crippen molar-refractivity contribution >= 4 is 45.3 Å². The second kappa shape index (κ2) is 5.96. The van der Waals surface area contributed by atoms with Crippen molar-refractivity contribution in [3.8, 4) is 0 Å². The standard InChI is InChI=1S/C17H13ClN4OS/c1-22-15(19-12-5-3-2-4-11(12)16(22)23)9-24-17-20-13-7-6-10(18)8-14(13)21-17/h2-8H,9H2,1H3,(H,20,21). The van der Waals surface area contributed by atoms with Crippen LogP contribution < -0.4 is 5.56 Å². The lowest BCUT2D eigenvalue weighted by atomic mass is 10.2. The molecule has 120 valence electrons. The molecule has 2 aromatic carbocycles. The maximum atomic E-state index is 12.4. The molecule has 0 radical (unpaired) electrons. The van der Waals surface area contributed by atoms with Crippen LogP contribution in [0.3, 0.4) is 0 Å². The number of aromatic nitrogens is 4. The highest BCUT2D eigenvalue weighted by molar-refractivity contribution is 7.98. The molecule has 2 aromatic heterocycles. The van der Waals surface area contributed by atoms with Gasteiger partial charge >= 0.3 is 0 Å². The van der Waals surface area contributed by atoms with Gasteiger partial charge in [0.1, 0.15) is 5.82 Å². The number of aromatic amines is 1. The molecule has 4 aromatic rings. The summed E-state index contributed by atoms with van der Waals surface area (Å²) in [5, 5.41) is 2.07. The molecule has 0 amide bonds. The van der Waals surface area contributed by atoms with Crippen LogP contribution in [0.25, 0.3) is 21.9 Å². The predicted molar refractivity (Wildman–Crippen MR) is 97.6 cm³/mol. The fourth-order valence-corrected chi connectivity index (χ4v) is 3.59. The van der Waals surface area contributed by atoms with E-state index in [2.05, 4.69) is 15.0 Å². The van der Waals surface area contributed by atoms with Gasteiger partial charge in [-0.2, -0.15) is 0 Å². The first-order chi connectivity index (χ1) is 11.6. The predicted octanol–water partition coefficient (Wildman–Crippen LogP) is 3.76. The molecule has 0 saturated carbocycles. The van der Waals surface area contributed by atoms with Crippen LogP contribution in [0.2, 0.25) is 5.02 Å². The third-order valence-corrected chi connectivity index (χ3v) is 4.94. The Balaban J connectivity index is 1.66. The molecular weight excluding hydrogens is 344 g/mol. The molecule has 0 spiro atoms. The molecule has 5 nitrogen and oxygen atoms in total. The van der Waals surface area contributed by atoms with Gasteiger partial charge in [0.15, 0.2) is 5.16 Å². The minimum absolute atomic E-state index is 0.0346. The highest BCUT2D eigenvalue weighted by atomic mass is 35.5. The number of fused-ring (bicyclic) bond motifs is 2. The fraction of sp³-hybridized carbons (Fsp3) is 0.118. The van der Waals surface area contributed by atoms with E-state index in [4.69, 9.17) is 11.6 Å². The number of thioether (sulfide) groups is 1. The Labute approximate surface area is 146 Å². The van der Waals surface area contributed by atoms with Crippen molar-refractivity contribution in [1.29, 1.82) is 0 Å². The molecular formula is C17H13ClN4OS. The van der Waals surface area contributed by atoms with Crippen LogP contribution in [0.5, 0.6) is 0 Å². The van der Waals surface area contributed by atoms with E-state index in [1.54, 1.807) is 17.7 Å². The van der Waals surface area contributed by atoms with E-state index < -0.39 is 0 Å². The van der Waals surface area contributed by atoms with Gasteiger partial charge in [0, 0.05) is 12.1 Å². The Hall–Kier alpha value is -2.31. The third-order valence-electron chi connectivity index (χ3n) is 3.84. The molecule has 1 N–H and O–H groups in total. The zero-order valence-corrected chi connectivity index (χ0v) is 14.4. The molecule has 0 fully saturated rings. The third kappa shape index (κ3) is 2.68. The summed E-state index contributed by atoms with van der Waals surface area (Å²) in [7, 11) is 1.75. The SMILES string of the molecule is Cn1c(CSc2nc3ccc(Cl)cc3[nH]2)nc2ccccc2c1=O. The quantitative estimate of drug-likeness (QED) is 0.568. The van der Waals surface area contributed by atoms with E-state index in [1.165, 1.54) is 11.8 Å². The largest absolute Gasteiger partial charge is 0.333 e. The summed E-state index contributed by atoms with van der Waals surface area (Å²) in [5.41, 5.74) is 2.44. The summed E-state index contributed by atoms with van der Waals surface area (Å²) >= 11 is 7.50. The van der Waals surface area contributed by atoms with Gasteiger partial charge in [0.05, 0.1) is 27.7 Å². The second-order valence-electron chi connectivity index (χ2n) is 5.40. The van der Waals surface area contributed by atoms with Crippen molar-refractivity contribution in [1.82, 2.24) is 19.5 Å². The van der Waals surface area contributed by atoms with Gasteiger partial charge in [0.25, 0.3) is 5.56 Å². The van der Waals surface area contributed by atoms with Crippen molar-refractivity contribution in [3.05, 3.63) is 63.7 Å². The van der Waals surface area contributed by atoms with Gasteiger partial charge in [-0.1, -0.05) is 35.5 Å². The van der Waals surface area contributed by atoms with E-state index in [9.17, 15) is 4.79 Å². The molecule has 2 heterocycles. The van der Waals surface area contributed by atoms with E-state index in [0.29, 0.717) is 27.5 Å². The van der Waals surface area contributed by atoms with Gasteiger partial charge in [-0.3, -0.25) is 9.36 Å². The van der Waals surface area contributed by atoms with E-state index in [1.807, 2.05) is 36.4 Å². The zero-order valence-electron chi connectivity index (χ0n) is 12.8. The number of halogens is 1. The highest BCUT2D eigenvalue weighted by Crippen LogP contribution is 2.24. The minimum atomic E-state index is -0.0346. The van der Waals surface area contributed by atoms with Crippen molar-refractivity contribution in [3.63, 3.8) is 0 Å². The summed E-state index contributed by atoms with van der Waals surface area (Å²) in [4.78, 5) is 24.8. The average molecular weight is 357 g/mol. The second-order valence-corrected chi connectivity index (χ2v) is 6.80. The number of hydrogen-bond donors (Lipinski definition) is 1. The van der Waals surface area contributed by atoms with Crippen LogP contribution in [0, 0.1) is 0 Å². The molecule has 4 rings (SSSR count). The van der Waals surface area contributed by atoms with E-state index in [-0.39, 0.29) is 5.56 Å². The van der Waals surface area contributed by atoms with Crippen molar-refractivity contribution in [2.24, 2.45) is 7.05 Å². The number of nitrogens with one attached hydrogen (secondary N) is 1. The summed E-state index contributed by atoms with van der Waals surface area (Å²) in [5.74, 6) is 1.26. The summed E-state index contributed by atoms with van der Waals surface area (Å²) in [6, 6.07) is 12.9. The Bertz CT molecular complexity index is 1120. The summed E-state index contributed by atoms with van der Waals surface area (Å²) in [6.07, 6.45) is 0. The molecule has 0 atom stereocenters. The lowest BCUT2D eigenvalue weighted by Gasteiger charge is -2.08. The fourth-order valence-electron chi connectivity index (χ4n) is 2.55. The van der Waals surface area contributed by atoms with Crippen LogP contribution in [0.4, 0.5) is 0 Å². The van der Waals surface area contributed by atoms with Crippen LogP contribution in [-0.2, 0) is 12.8 Å². The highest BCUT2D eigenvalue weighted by Gasteiger charge is 2.10. The normalized spacial score (nSPS) is 11.4. The lowest BCUT2D eigenvalue weighted by molar-refractivity contribution is 0.784. The molecule has 0 bridgehead atoms. The Morgan fingerprint density at radius 1 is 1.17 bits per heavy atom. The van der Waals surface area contributed by atoms with Gasteiger partial charge in [-0.05, 0) is 30.3 Å².